The number of aryl methyl sites for hydroxylation is 1. The molecule has 0 aliphatic carbocycles. The number of imidazole rings is 1. The van der Waals surface area contributed by atoms with E-state index in [1.165, 1.54) is 6.07 Å². The van der Waals surface area contributed by atoms with Crippen molar-refractivity contribution in [1.29, 1.82) is 0 Å². The first-order valence-electron chi connectivity index (χ1n) is 6.35. The molecule has 0 radical (unpaired) electrons. The average Bonchev–Trinajstić information content (AvgIpc) is 3.02. The van der Waals surface area contributed by atoms with E-state index >= 15 is 0 Å². The molecule has 0 spiro atoms. The number of halogens is 3. The van der Waals surface area contributed by atoms with Crippen LogP contribution in [0.2, 0.25) is 5.02 Å². The Balaban J connectivity index is 2.22. The topological polar surface area (TPSA) is 30.7 Å². The quantitative estimate of drug-likeness (QED) is 0.630. The second-order valence-corrected chi connectivity index (χ2v) is 6.35. The third-order valence-corrected chi connectivity index (χ3v) is 4.97. The van der Waals surface area contributed by atoms with Gasteiger partial charge in [0, 0.05) is 17.1 Å². The van der Waals surface area contributed by atoms with Gasteiger partial charge in [-0.15, -0.1) is 22.9 Å². The molecule has 0 N–H and O–H groups in total. The molecular weight excluding hydrogens is 332 g/mol. The predicted octanol–water partition coefficient (Wildman–Crippen LogP) is 4.94. The fourth-order valence-electron chi connectivity index (χ4n) is 2.34. The molecule has 3 rings (SSSR count). The summed E-state index contributed by atoms with van der Waals surface area (Å²) in [6.07, 6.45) is 0. The highest BCUT2D eigenvalue weighted by Gasteiger charge is 2.20. The normalized spacial score (nSPS) is 13.0. The zero-order chi connectivity index (χ0) is 15.1. The van der Waals surface area contributed by atoms with Gasteiger partial charge in [-0.2, -0.15) is 0 Å². The highest BCUT2D eigenvalue weighted by Crippen LogP contribution is 2.31. The molecule has 0 bridgehead atoms. The molecule has 0 aliphatic heterocycles. The zero-order valence-corrected chi connectivity index (χ0v) is 13.7. The molecule has 0 fully saturated rings. The van der Waals surface area contributed by atoms with Gasteiger partial charge in [-0.3, -0.25) is 0 Å². The Kier molecular flexibility index (Phi) is 3.90. The van der Waals surface area contributed by atoms with E-state index in [1.54, 1.807) is 17.4 Å². The third kappa shape index (κ3) is 2.54. The largest absolute Gasteiger partial charge is 0.317 e. The van der Waals surface area contributed by atoms with Crippen LogP contribution in [0.3, 0.4) is 0 Å². The van der Waals surface area contributed by atoms with E-state index in [1.807, 2.05) is 23.8 Å². The maximum absolute atomic E-state index is 13.6. The molecular formula is C14H12Cl2FN3S. The van der Waals surface area contributed by atoms with Crippen molar-refractivity contribution in [2.24, 2.45) is 0 Å². The summed E-state index contributed by atoms with van der Waals surface area (Å²) in [7, 11) is 0. The van der Waals surface area contributed by atoms with E-state index in [0.717, 1.165) is 16.2 Å². The SMILES string of the molecule is Cc1csc(C(C)n2c(CCl)nc3cc(F)c(Cl)cc32)n1. The van der Waals surface area contributed by atoms with Gasteiger partial charge in [0.15, 0.2) is 0 Å². The van der Waals surface area contributed by atoms with Crippen LogP contribution in [-0.4, -0.2) is 14.5 Å². The van der Waals surface area contributed by atoms with Crippen LogP contribution in [0, 0.1) is 12.7 Å². The highest BCUT2D eigenvalue weighted by atomic mass is 35.5. The summed E-state index contributed by atoms with van der Waals surface area (Å²) in [4.78, 5) is 8.90. The van der Waals surface area contributed by atoms with Gasteiger partial charge in [0.1, 0.15) is 16.6 Å². The molecule has 2 heterocycles. The molecule has 2 aromatic heterocycles. The number of aromatic nitrogens is 3. The van der Waals surface area contributed by atoms with Crippen molar-refractivity contribution in [1.82, 2.24) is 14.5 Å². The van der Waals surface area contributed by atoms with E-state index in [2.05, 4.69) is 9.97 Å². The summed E-state index contributed by atoms with van der Waals surface area (Å²) in [5, 5.41) is 3.03. The fourth-order valence-corrected chi connectivity index (χ4v) is 3.53. The molecule has 110 valence electrons. The van der Waals surface area contributed by atoms with E-state index < -0.39 is 5.82 Å². The maximum atomic E-state index is 13.6. The van der Waals surface area contributed by atoms with E-state index in [0.29, 0.717) is 11.3 Å². The number of thiazole rings is 1. The van der Waals surface area contributed by atoms with Crippen molar-refractivity contribution in [3.63, 3.8) is 0 Å². The van der Waals surface area contributed by atoms with Gasteiger partial charge in [0.25, 0.3) is 0 Å². The summed E-state index contributed by atoms with van der Waals surface area (Å²) in [5.74, 6) is 0.434. The molecule has 0 aliphatic rings. The molecule has 1 atom stereocenters. The second kappa shape index (κ2) is 5.55. The lowest BCUT2D eigenvalue weighted by Crippen LogP contribution is -2.09. The molecule has 0 saturated heterocycles. The van der Waals surface area contributed by atoms with Crippen LogP contribution >= 0.6 is 34.5 Å². The molecule has 3 aromatic rings. The summed E-state index contributed by atoms with van der Waals surface area (Å²) in [6, 6.07) is 2.89. The Labute approximate surface area is 135 Å². The molecule has 21 heavy (non-hydrogen) atoms. The molecule has 1 unspecified atom stereocenters. The van der Waals surface area contributed by atoms with Gasteiger partial charge in [-0.1, -0.05) is 11.6 Å². The van der Waals surface area contributed by atoms with Crippen LogP contribution in [0.4, 0.5) is 4.39 Å². The van der Waals surface area contributed by atoms with E-state index in [-0.39, 0.29) is 16.9 Å². The van der Waals surface area contributed by atoms with Crippen LogP contribution in [0.25, 0.3) is 11.0 Å². The first-order valence-corrected chi connectivity index (χ1v) is 8.14. The van der Waals surface area contributed by atoms with E-state index in [4.69, 9.17) is 23.2 Å². The predicted molar refractivity (Wildman–Crippen MR) is 84.9 cm³/mol. The van der Waals surface area contributed by atoms with Gasteiger partial charge in [0.2, 0.25) is 0 Å². The number of alkyl halides is 1. The molecule has 3 nitrogen and oxygen atoms in total. The lowest BCUT2D eigenvalue weighted by Gasteiger charge is -2.14. The van der Waals surface area contributed by atoms with Crippen LogP contribution in [0.1, 0.15) is 29.5 Å². The van der Waals surface area contributed by atoms with Crippen molar-refractivity contribution in [3.05, 3.63) is 44.9 Å². The fraction of sp³-hybridized carbons (Fsp3) is 0.286. The van der Waals surface area contributed by atoms with Crippen molar-refractivity contribution >= 4 is 45.6 Å². The monoisotopic (exact) mass is 343 g/mol. The van der Waals surface area contributed by atoms with Gasteiger partial charge in [-0.25, -0.2) is 14.4 Å². The molecule has 0 saturated carbocycles. The number of fused-ring (bicyclic) bond motifs is 1. The highest BCUT2D eigenvalue weighted by molar-refractivity contribution is 7.09. The summed E-state index contributed by atoms with van der Waals surface area (Å²) >= 11 is 13.5. The van der Waals surface area contributed by atoms with Crippen molar-refractivity contribution < 1.29 is 4.39 Å². The zero-order valence-electron chi connectivity index (χ0n) is 11.4. The molecule has 0 amide bonds. The van der Waals surface area contributed by atoms with E-state index in [9.17, 15) is 4.39 Å². The third-order valence-electron chi connectivity index (χ3n) is 3.31. The summed E-state index contributed by atoms with van der Waals surface area (Å²) in [6.45, 7) is 3.97. The number of hydrogen-bond donors (Lipinski definition) is 0. The Morgan fingerprint density at radius 1 is 1.38 bits per heavy atom. The number of hydrogen-bond acceptors (Lipinski definition) is 3. The Morgan fingerprint density at radius 3 is 2.76 bits per heavy atom. The lowest BCUT2D eigenvalue weighted by atomic mass is 10.2. The van der Waals surface area contributed by atoms with Crippen LogP contribution in [0.15, 0.2) is 17.5 Å². The number of rotatable bonds is 3. The number of benzene rings is 1. The number of nitrogens with zero attached hydrogens (tertiary/aromatic N) is 3. The van der Waals surface area contributed by atoms with Gasteiger partial charge in [-0.05, 0) is 19.9 Å². The minimum atomic E-state index is -0.479. The summed E-state index contributed by atoms with van der Waals surface area (Å²) in [5.41, 5.74) is 2.29. The Hall–Kier alpha value is -1.17. The van der Waals surface area contributed by atoms with Gasteiger partial charge < -0.3 is 4.57 Å². The standard InChI is InChI=1S/C14H12Cl2FN3S/c1-7-6-21-14(18-7)8(2)20-12-3-9(16)10(17)4-11(12)19-13(20)5-15/h3-4,6,8H,5H2,1-2H3. The van der Waals surface area contributed by atoms with Crippen molar-refractivity contribution in [3.8, 4) is 0 Å². The maximum Gasteiger partial charge on any atom is 0.144 e. The average molecular weight is 344 g/mol. The Bertz CT molecular complexity index is 812. The smallest absolute Gasteiger partial charge is 0.144 e. The summed E-state index contributed by atoms with van der Waals surface area (Å²) < 4.78 is 15.6. The first-order chi connectivity index (χ1) is 10.0. The Morgan fingerprint density at radius 2 is 2.14 bits per heavy atom. The van der Waals surface area contributed by atoms with Crippen molar-refractivity contribution in [2.75, 3.05) is 0 Å². The van der Waals surface area contributed by atoms with Crippen LogP contribution in [0.5, 0.6) is 0 Å². The molecule has 1 aromatic carbocycles. The second-order valence-electron chi connectivity index (χ2n) is 4.79. The first kappa shape index (κ1) is 14.8. The van der Waals surface area contributed by atoms with Crippen LogP contribution < -0.4 is 0 Å². The minimum Gasteiger partial charge on any atom is -0.317 e. The van der Waals surface area contributed by atoms with Crippen molar-refractivity contribution in [2.45, 2.75) is 25.8 Å². The lowest BCUT2D eigenvalue weighted by molar-refractivity contribution is 0.624. The van der Waals surface area contributed by atoms with Crippen LogP contribution in [-0.2, 0) is 5.88 Å². The molecule has 7 heteroatoms. The van der Waals surface area contributed by atoms with Gasteiger partial charge in [0.05, 0.1) is 28.0 Å². The minimum absolute atomic E-state index is 0.0380. The van der Waals surface area contributed by atoms with Gasteiger partial charge >= 0.3 is 0 Å².